The Bertz CT molecular complexity index is 503. The van der Waals surface area contributed by atoms with Gasteiger partial charge in [-0.25, -0.2) is 0 Å². The number of carbonyl (C=O) groups excluding carboxylic acids is 2. The molecule has 0 unspecified atom stereocenters. The fraction of sp³-hybridized carbons (Fsp3) is 0.429. The van der Waals surface area contributed by atoms with E-state index in [1.807, 2.05) is 20.8 Å². The zero-order valence-electron chi connectivity index (χ0n) is 11.9. The maximum Gasteiger partial charge on any atom is 0.261 e. The summed E-state index contributed by atoms with van der Waals surface area (Å²) in [4.78, 5) is 24.3. The number of rotatable bonds is 6. The number of halogens is 1. The van der Waals surface area contributed by atoms with Gasteiger partial charge in [-0.15, -0.1) is 0 Å². The first kappa shape index (κ1) is 16.3. The van der Waals surface area contributed by atoms with E-state index in [-0.39, 0.29) is 25.1 Å². The van der Waals surface area contributed by atoms with E-state index in [0.29, 0.717) is 10.8 Å². The number of ether oxygens (including phenoxy) is 1. The fourth-order valence-electron chi connectivity index (χ4n) is 1.66. The number of carbonyl (C=O) groups is 2. The molecule has 20 heavy (non-hydrogen) atoms. The van der Waals surface area contributed by atoms with E-state index in [0.717, 1.165) is 5.56 Å². The number of hydrogen-bond acceptors (Lipinski definition) is 3. The summed E-state index contributed by atoms with van der Waals surface area (Å²) in [6.07, 6.45) is 0. The van der Waals surface area contributed by atoms with Gasteiger partial charge < -0.3 is 15.4 Å². The molecule has 0 bridgehead atoms. The summed E-state index contributed by atoms with van der Waals surface area (Å²) in [5.74, 6) is -0.274. The van der Waals surface area contributed by atoms with Crippen molar-refractivity contribution in [1.29, 1.82) is 0 Å². The molecule has 1 aromatic carbocycles. The number of nitrogens with two attached hydrogens (primary N) is 1. The van der Waals surface area contributed by atoms with Crippen LogP contribution in [0.25, 0.3) is 0 Å². The highest BCUT2D eigenvalue weighted by Gasteiger charge is 2.19. The van der Waals surface area contributed by atoms with Crippen LogP contribution in [0.15, 0.2) is 18.2 Å². The first-order valence-corrected chi connectivity index (χ1v) is 6.65. The molecule has 2 N–H and O–H groups in total. The van der Waals surface area contributed by atoms with Crippen LogP contribution in [0.3, 0.4) is 0 Å². The molecular formula is C14H19ClN2O3. The first-order chi connectivity index (χ1) is 9.31. The number of benzene rings is 1. The average Bonchev–Trinajstić information content (AvgIpc) is 2.36. The third kappa shape index (κ3) is 4.74. The summed E-state index contributed by atoms with van der Waals surface area (Å²) in [7, 11) is 0. The highest BCUT2D eigenvalue weighted by molar-refractivity contribution is 6.31. The van der Waals surface area contributed by atoms with Crippen molar-refractivity contribution in [2.45, 2.75) is 26.8 Å². The van der Waals surface area contributed by atoms with E-state index in [2.05, 4.69) is 0 Å². The summed E-state index contributed by atoms with van der Waals surface area (Å²) in [6.45, 7) is 5.22. The molecule has 0 radical (unpaired) electrons. The summed E-state index contributed by atoms with van der Waals surface area (Å²) < 4.78 is 5.41. The molecule has 0 aromatic heterocycles. The van der Waals surface area contributed by atoms with Crippen molar-refractivity contribution in [2.24, 2.45) is 5.73 Å². The van der Waals surface area contributed by atoms with Gasteiger partial charge in [0, 0.05) is 11.1 Å². The molecule has 0 aliphatic carbocycles. The highest BCUT2D eigenvalue weighted by Crippen LogP contribution is 2.21. The van der Waals surface area contributed by atoms with Crippen molar-refractivity contribution in [3.63, 3.8) is 0 Å². The first-order valence-electron chi connectivity index (χ1n) is 6.28. The predicted molar refractivity (Wildman–Crippen MR) is 77.7 cm³/mol. The lowest BCUT2D eigenvalue weighted by molar-refractivity contribution is -0.138. The van der Waals surface area contributed by atoms with Crippen LogP contribution in [-0.2, 0) is 9.59 Å². The molecule has 5 nitrogen and oxygen atoms in total. The van der Waals surface area contributed by atoms with Crippen LogP contribution in [0.4, 0.5) is 0 Å². The third-order valence-electron chi connectivity index (χ3n) is 2.76. The third-order valence-corrected chi connectivity index (χ3v) is 3.19. The lowest BCUT2D eigenvalue weighted by Crippen LogP contribution is -2.44. The van der Waals surface area contributed by atoms with Gasteiger partial charge in [-0.05, 0) is 44.5 Å². The van der Waals surface area contributed by atoms with Crippen LogP contribution in [0.2, 0.25) is 5.02 Å². The molecule has 0 aliphatic heterocycles. The van der Waals surface area contributed by atoms with Crippen molar-refractivity contribution in [3.05, 3.63) is 28.8 Å². The average molecular weight is 299 g/mol. The Balaban J connectivity index is 2.64. The van der Waals surface area contributed by atoms with E-state index in [1.165, 1.54) is 4.90 Å². The van der Waals surface area contributed by atoms with E-state index in [1.54, 1.807) is 18.2 Å². The number of hydrogen-bond donors (Lipinski definition) is 1. The van der Waals surface area contributed by atoms with Crippen molar-refractivity contribution in [1.82, 2.24) is 4.90 Å². The standard InChI is InChI=1S/C14H19ClN2O3/c1-9(2)17(7-13(16)18)14(19)8-20-11-4-5-12(15)10(3)6-11/h4-6,9H,7-8H2,1-3H3,(H2,16,18). The maximum absolute atomic E-state index is 12.0. The molecule has 0 saturated heterocycles. The van der Waals surface area contributed by atoms with Gasteiger partial charge in [-0.2, -0.15) is 0 Å². The van der Waals surface area contributed by atoms with Crippen LogP contribution in [0, 0.1) is 6.92 Å². The normalized spacial score (nSPS) is 10.4. The molecule has 0 fully saturated rings. The second kappa shape index (κ2) is 7.14. The van der Waals surface area contributed by atoms with Gasteiger partial charge in [0.2, 0.25) is 5.91 Å². The number of amides is 2. The Morgan fingerprint density at radius 2 is 2.05 bits per heavy atom. The van der Waals surface area contributed by atoms with E-state index >= 15 is 0 Å². The minimum Gasteiger partial charge on any atom is -0.484 e. The summed E-state index contributed by atoms with van der Waals surface area (Å²) in [5, 5.41) is 0.640. The van der Waals surface area contributed by atoms with Crippen LogP contribution >= 0.6 is 11.6 Å². The topological polar surface area (TPSA) is 72.6 Å². The molecule has 2 amide bonds. The second-order valence-corrected chi connectivity index (χ2v) is 5.19. The molecule has 0 heterocycles. The van der Waals surface area contributed by atoms with Crippen LogP contribution < -0.4 is 10.5 Å². The maximum atomic E-state index is 12.0. The second-order valence-electron chi connectivity index (χ2n) is 4.78. The molecule has 1 rings (SSSR count). The van der Waals surface area contributed by atoms with Crippen LogP contribution in [-0.4, -0.2) is 35.9 Å². The van der Waals surface area contributed by atoms with Crippen molar-refractivity contribution < 1.29 is 14.3 Å². The van der Waals surface area contributed by atoms with Gasteiger partial charge in [0.25, 0.3) is 5.91 Å². The Hall–Kier alpha value is -1.75. The minimum absolute atomic E-state index is 0.112. The number of primary amides is 1. The lowest BCUT2D eigenvalue weighted by Gasteiger charge is -2.25. The van der Waals surface area contributed by atoms with Gasteiger partial charge in [-0.3, -0.25) is 9.59 Å². The fourth-order valence-corrected chi connectivity index (χ4v) is 1.78. The number of aryl methyl sites for hydroxylation is 1. The monoisotopic (exact) mass is 298 g/mol. The quantitative estimate of drug-likeness (QED) is 0.869. The van der Waals surface area contributed by atoms with Crippen LogP contribution in [0.1, 0.15) is 19.4 Å². The van der Waals surface area contributed by atoms with Gasteiger partial charge >= 0.3 is 0 Å². The summed E-state index contributed by atoms with van der Waals surface area (Å²) >= 11 is 5.91. The molecule has 0 spiro atoms. The van der Waals surface area contributed by atoms with Gasteiger partial charge in [0.1, 0.15) is 5.75 Å². The molecule has 0 atom stereocenters. The summed E-state index contributed by atoms with van der Waals surface area (Å²) in [6, 6.07) is 5.03. The Morgan fingerprint density at radius 1 is 1.40 bits per heavy atom. The van der Waals surface area contributed by atoms with Gasteiger partial charge in [-0.1, -0.05) is 11.6 Å². The zero-order valence-corrected chi connectivity index (χ0v) is 12.6. The Labute approximate surface area is 123 Å². The predicted octanol–water partition coefficient (Wildman–Crippen LogP) is 1.75. The van der Waals surface area contributed by atoms with E-state index in [9.17, 15) is 9.59 Å². The lowest BCUT2D eigenvalue weighted by atomic mass is 10.2. The van der Waals surface area contributed by atoms with Crippen LogP contribution in [0.5, 0.6) is 5.75 Å². The summed E-state index contributed by atoms with van der Waals surface area (Å²) in [5.41, 5.74) is 5.99. The Morgan fingerprint density at radius 3 is 2.55 bits per heavy atom. The van der Waals surface area contributed by atoms with Crippen molar-refractivity contribution >= 4 is 23.4 Å². The SMILES string of the molecule is Cc1cc(OCC(=O)N(CC(N)=O)C(C)C)ccc1Cl. The van der Waals surface area contributed by atoms with Gasteiger partial charge in [0.05, 0.1) is 6.54 Å². The molecule has 0 aliphatic rings. The molecule has 6 heteroatoms. The molecular weight excluding hydrogens is 280 g/mol. The molecule has 110 valence electrons. The zero-order chi connectivity index (χ0) is 15.3. The molecule has 0 saturated carbocycles. The number of nitrogens with zero attached hydrogens (tertiary/aromatic N) is 1. The van der Waals surface area contributed by atoms with E-state index < -0.39 is 5.91 Å². The Kier molecular flexibility index (Phi) is 5.82. The highest BCUT2D eigenvalue weighted by atomic mass is 35.5. The molecule has 1 aromatic rings. The minimum atomic E-state index is -0.547. The van der Waals surface area contributed by atoms with Gasteiger partial charge in [0.15, 0.2) is 6.61 Å². The smallest absolute Gasteiger partial charge is 0.261 e. The van der Waals surface area contributed by atoms with Crippen molar-refractivity contribution in [3.8, 4) is 5.75 Å². The van der Waals surface area contributed by atoms with E-state index in [4.69, 9.17) is 22.1 Å². The van der Waals surface area contributed by atoms with Crippen molar-refractivity contribution in [2.75, 3.05) is 13.2 Å². The largest absolute Gasteiger partial charge is 0.484 e.